The zero-order valence-corrected chi connectivity index (χ0v) is 20.0. The van der Waals surface area contributed by atoms with Crippen molar-refractivity contribution in [3.05, 3.63) is 50.2 Å². The smallest absolute Gasteiger partial charge is 0.303 e. The van der Waals surface area contributed by atoms with Gasteiger partial charge in [0, 0.05) is 11.5 Å². The third-order valence-electron chi connectivity index (χ3n) is 9.94. The van der Waals surface area contributed by atoms with Gasteiger partial charge in [0.2, 0.25) is 0 Å². The van der Waals surface area contributed by atoms with Crippen molar-refractivity contribution in [1.29, 1.82) is 0 Å². The minimum atomic E-state index is -1.53. The van der Waals surface area contributed by atoms with Crippen molar-refractivity contribution in [1.82, 2.24) is 0 Å². The first-order valence-electron chi connectivity index (χ1n) is 12.4. The van der Waals surface area contributed by atoms with E-state index in [0.717, 1.165) is 44.2 Å². The molecule has 0 heterocycles. The van der Waals surface area contributed by atoms with Gasteiger partial charge >= 0.3 is 5.69 Å². The first kappa shape index (κ1) is 24.0. The number of azo groups is 1. The normalized spacial score (nSPS) is 40.5. The van der Waals surface area contributed by atoms with Crippen LogP contribution in [0.2, 0.25) is 0 Å². The Bertz CT molecular complexity index is 1140. The van der Waals surface area contributed by atoms with E-state index in [1.807, 2.05) is 0 Å². The van der Waals surface area contributed by atoms with Crippen LogP contribution in [0.4, 0.5) is 21.5 Å². The van der Waals surface area contributed by atoms with Crippen LogP contribution in [0, 0.1) is 48.8 Å². The molecule has 35 heavy (non-hydrogen) atoms. The summed E-state index contributed by atoms with van der Waals surface area (Å²) >= 11 is 0. The molecule has 0 spiro atoms. The number of alkyl halides is 1. The fourth-order valence-electron chi connectivity index (χ4n) is 7.83. The molecule has 0 saturated heterocycles. The lowest BCUT2D eigenvalue weighted by Crippen LogP contribution is -2.58. The summed E-state index contributed by atoms with van der Waals surface area (Å²) in [5.41, 5.74) is -2.68. The van der Waals surface area contributed by atoms with Crippen molar-refractivity contribution in [2.45, 2.75) is 77.0 Å². The second-order valence-corrected chi connectivity index (χ2v) is 11.4. The Morgan fingerprint density at radius 1 is 1.00 bits per heavy atom. The van der Waals surface area contributed by atoms with E-state index < -0.39 is 32.3 Å². The van der Waals surface area contributed by atoms with Crippen molar-refractivity contribution >= 4 is 17.1 Å². The predicted molar refractivity (Wildman–Crippen MR) is 126 cm³/mol. The lowest BCUT2D eigenvalue weighted by molar-refractivity contribution is -0.393. The van der Waals surface area contributed by atoms with Crippen LogP contribution in [0.3, 0.4) is 0 Å². The average molecular weight is 487 g/mol. The average Bonchev–Trinajstić information content (AvgIpc) is 3.12. The lowest BCUT2D eigenvalue weighted by atomic mass is 9.45. The summed E-state index contributed by atoms with van der Waals surface area (Å²) in [5, 5.41) is 41.1. The number of fused-ring (bicyclic) bond motifs is 5. The summed E-state index contributed by atoms with van der Waals surface area (Å²) < 4.78 is 16.6. The summed E-state index contributed by atoms with van der Waals surface area (Å²) in [5.74, 6) is 1.10. The van der Waals surface area contributed by atoms with Gasteiger partial charge in [-0.2, -0.15) is 5.11 Å². The van der Waals surface area contributed by atoms with Gasteiger partial charge in [-0.1, -0.05) is 13.8 Å². The Balaban J connectivity index is 1.41. The van der Waals surface area contributed by atoms with Gasteiger partial charge in [0.1, 0.15) is 5.67 Å². The van der Waals surface area contributed by atoms with E-state index in [1.165, 1.54) is 6.07 Å². The minimum absolute atomic E-state index is 0.0583. The van der Waals surface area contributed by atoms with Gasteiger partial charge in [-0.15, -0.1) is 5.11 Å². The largest absolute Gasteiger partial charge is 0.393 e. The van der Waals surface area contributed by atoms with Crippen LogP contribution in [0.5, 0.6) is 0 Å². The highest BCUT2D eigenvalue weighted by atomic mass is 19.1. The number of hydrogen-bond donors (Lipinski definition) is 1. The van der Waals surface area contributed by atoms with Crippen LogP contribution in [-0.2, 0) is 0 Å². The SMILES string of the molecule is C[C@]12CC[C@H]3[C@@H](CC[C@]4(F)C=C(N=Nc5ccc([N+](=O)[O-])cc5[N+](=O)[O-])CC[C@]34C)[C@@H]1CC[C@@H]2O. The van der Waals surface area contributed by atoms with E-state index >= 15 is 4.39 Å². The van der Waals surface area contributed by atoms with E-state index in [-0.39, 0.29) is 23.1 Å². The Kier molecular flexibility index (Phi) is 5.58. The highest BCUT2D eigenvalue weighted by molar-refractivity contribution is 5.61. The van der Waals surface area contributed by atoms with Crippen LogP contribution in [0.15, 0.2) is 40.2 Å². The van der Waals surface area contributed by atoms with E-state index in [2.05, 4.69) is 24.1 Å². The van der Waals surface area contributed by atoms with Gasteiger partial charge < -0.3 is 5.11 Å². The van der Waals surface area contributed by atoms with Crippen molar-refractivity contribution in [3.63, 3.8) is 0 Å². The molecule has 9 nitrogen and oxygen atoms in total. The fourth-order valence-corrected chi connectivity index (χ4v) is 7.83. The first-order chi connectivity index (χ1) is 16.5. The Hall–Kier alpha value is -2.75. The number of nitrogens with zero attached hydrogens (tertiary/aromatic N) is 4. The van der Waals surface area contributed by atoms with E-state index in [1.54, 1.807) is 6.08 Å². The number of nitro benzene ring substituents is 2. The quantitative estimate of drug-likeness (QED) is 0.292. The number of nitro groups is 2. The molecular formula is C25H31FN4O5. The van der Waals surface area contributed by atoms with Crippen LogP contribution in [-0.4, -0.2) is 26.7 Å². The Morgan fingerprint density at radius 3 is 2.49 bits per heavy atom. The molecule has 0 radical (unpaired) electrons. The van der Waals surface area contributed by atoms with Crippen molar-refractivity contribution in [2.75, 3.05) is 0 Å². The second-order valence-electron chi connectivity index (χ2n) is 11.4. The molecule has 4 aliphatic carbocycles. The predicted octanol–water partition coefficient (Wildman–Crippen LogP) is 6.58. The molecule has 1 aromatic rings. The maximum Gasteiger partial charge on any atom is 0.303 e. The molecule has 4 aliphatic rings. The molecule has 188 valence electrons. The second kappa shape index (κ2) is 8.15. The van der Waals surface area contributed by atoms with Gasteiger partial charge in [0.05, 0.1) is 27.7 Å². The third kappa shape index (κ3) is 3.59. The molecule has 0 amide bonds. The summed E-state index contributed by atoms with van der Waals surface area (Å²) in [6, 6.07) is 3.19. The molecule has 1 N–H and O–H groups in total. The molecule has 0 aromatic heterocycles. The molecule has 1 aromatic carbocycles. The summed E-state index contributed by atoms with van der Waals surface area (Å²) in [4.78, 5) is 20.9. The first-order valence-corrected chi connectivity index (χ1v) is 12.4. The van der Waals surface area contributed by atoms with Gasteiger partial charge in [-0.3, -0.25) is 20.2 Å². The lowest BCUT2D eigenvalue weighted by Gasteiger charge is -2.61. The Morgan fingerprint density at radius 2 is 1.77 bits per heavy atom. The number of aliphatic hydroxyl groups excluding tert-OH is 1. The molecule has 0 aliphatic heterocycles. The number of hydrogen-bond acceptors (Lipinski definition) is 7. The monoisotopic (exact) mass is 486 g/mol. The standard InChI is InChI=1S/C25H31FN4O5/c1-23-10-9-19-17(18(23)4-6-22(23)31)8-12-25(26)14-15(7-11-24(19,25)2)27-28-20-5-3-16(29(32)33)13-21(20)30(34)35/h3,5,13-14,17-19,22,31H,4,6-12H2,1-2H3/t17-,18-,19-,22-,23-,24+,25-/m0/s1. The summed E-state index contributed by atoms with van der Waals surface area (Å²) in [7, 11) is 0. The number of allylic oxidation sites excluding steroid dienone is 2. The summed E-state index contributed by atoms with van der Waals surface area (Å²) in [6.07, 6.45) is 7.29. The topological polar surface area (TPSA) is 131 Å². The molecule has 0 unspecified atom stereocenters. The van der Waals surface area contributed by atoms with Crippen LogP contribution < -0.4 is 0 Å². The van der Waals surface area contributed by atoms with Crippen LogP contribution >= 0.6 is 0 Å². The Labute approximate surface area is 202 Å². The number of benzene rings is 1. The molecule has 0 bridgehead atoms. The third-order valence-corrected chi connectivity index (χ3v) is 9.94. The highest BCUT2D eigenvalue weighted by Crippen LogP contribution is 2.67. The maximum atomic E-state index is 16.6. The number of rotatable bonds is 4. The number of non-ortho nitro benzene ring substituents is 1. The van der Waals surface area contributed by atoms with Crippen LogP contribution in [0.1, 0.15) is 65.2 Å². The van der Waals surface area contributed by atoms with Crippen molar-refractivity contribution in [2.24, 2.45) is 38.8 Å². The van der Waals surface area contributed by atoms with E-state index in [4.69, 9.17) is 0 Å². The number of aliphatic hydroxyl groups is 1. The number of halogens is 1. The van der Waals surface area contributed by atoms with Gasteiger partial charge in [-0.05, 0) is 86.7 Å². The van der Waals surface area contributed by atoms with Crippen molar-refractivity contribution in [3.8, 4) is 0 Å². The molecule has 7 atom stereocenters. The fraction of sp³-hybridized carbons (Fsp3) is 0.680. The zero-order valence-electron chi connectivity index (χ0n) is 20.0. The van der Waals surface area contributed by atoms with Gasteiger partial charge in [0.15, 0.2) is 5.69 Å². The van der Waals surface area contributed by atoms with E-state index in [0.29, 0.717) is 36.8 Å². The van der Waals surface area contributed by atoms with Crippen molar-refractivity contribution < 1.29 is 19.3 Å². The van der Waals surface area contributed by atoms with Crippen LogP contribution in [0.25, 0.3) is 0 Å². The highest BCUT2D eigenvalue weighted by Gasteiger charge is 2.64. The van der Waals surface area contributed by atoms with E-state index in [9.17, 15) is 25.3 Å². The summed E-state index contributed by atoms with van der Waals surface area (Å²) in [6.45, 7) is 4.27. The van der Waals surface area contributed by atoms with Gasteiger partial charge in [0.25, 0.3) is 5.69 Å². The molecule has 3 fully saturated rings. The molecule has 3 saturated carbocycles. The minimum Gasteiger partial charge on any atom is -0.393 e. The zero-order chi connectivity index (χ0) is 25.2. The van der Waals surface area contributed by atoms with Gasteiger partial charge in [-0.25, -0.2) is 4.39 Å². The molecule has 5 rings (SSSR count). The maximum absolute atomic E-state index is 16.6. The molecular weight excluding hydrogens is 455 g/mol. The molecule has 10 heteroatoms.